The molecule has 4 saturated carbocycles. The fourth-order valence-electron chi connectivity index (χ4n) is 4.15. The van der Waals surface area contributed by atoms with Crippen molar-refractivity contribution in [2.24, 2.45) is 23.7 Å². The lowest BCUT2D eigenvalue weighted by Gasteiger charge is -2.52. The molecular weight excluding hydrogens is 160 g/mol. The smallest absolute Gasteiger partial charge is 0.167 e. The predicted octanol–water partition coefficient (Wildman–Crippen LogP) is 2.13. The molecule has 0 heterocycles. The van der Waals surface area contributed by atoms with E-state index in [4.69, 9.17) is 5.11 Å². The van der Waals surface area contributed by atoms with Gasteiger partial charge in [-0.15, -0.1) is 0 Å². The van der Waals surface area contributed by atoms with Crippen molar-refractivity contribution in [1.82, 2.24) is 0 Å². The molecule has 0 aromatic rings. The van der Waals surface area contributed by atoms with E-state index in [1.807, 2.05) is 0 Å². The zero-order valence-electron chi connectivity index (χ0n) is 8.64. The lowest BCUT2D eigenvalue weighted by molar-refractivity contribution is -0.151. The van der Waals surface area contributed by atoms with Crippen molar-refractivity contribution >= 4 is 0 Å². The molecule has 4 rings (SSSR count). The first-order chi connectivity index (χ1) is 6.09. The molecule has 2 N–H and O–H groups in total. The van der Waals surface area contributed by atoms with Gasteiger partial charge < -0.3 is 5.11 Å². The summed E-state index contributed by atoms with van der Waals surface area (Å²) in [5.74, 6) is 5.03. The van der Waals surface area contributed by atoms with E-state index in [-0.39, 0.29) is 5.60 Å². The summed E-state index contributed by atoms with van der Waals surface area (Å²) >= 11 is 0. The molecule has 0 aromatic heterocycles. The quantitative estimate of drug-likeness (QED) is 0.403. The van der Waals surface area contributed by atoms with Gasteiger partial charge in [-0.2, -0.15) is 0 Å². The Bertz CT molecular complexity index is 199. The van der Waals surface area contributed by atoms with Gasteiger partial charge in [0, 0.05) is 44.4 Å². The van der Waals surface area contributed by atoms with Crippen LogP contribution in [0.25, 0.3) is 0 Å². The highest BCUT2D eigenvalue weighted by molar-refractivity contribution is 5.16. The highest BCUT2D eigenvalue weighted by Gasteiger charge is 2.64. The van der Waals surface area contributed by atoms with E-state index >= 15 is 0 Å². The zero-order chi connectivity index (χ0) is 9.22. The van der Waals surface area contributed by atoms with Gasteiger partial charge in [0.15, 0.2) is 5.60 Å². The Labute approximate surface area is 80.5 Å². The summed E-state index contributed by atoms with van der Waals surface area (Å²) < 4.78 is 0. The molecule has 0 saturated heterocycles. The third-order valence-electron chi connectivity index (χ3n) is 5.26. The summed E-state index contributed by atoms with van der Waals surface area (Å²) in [6.45, 7) is 4.56. The molecule has 13 heavy (non-hydrogen) atoms. The molecule has 0 unspecified atom stereocenters. The Morgan fingerprint density at radius 1 is 1.08 bits per heavy atom. The molecule has 0 aromatic carbocycles. The van der Waals surface area contributed by atoms with Gasteiger partial charge in [0.1, 0.15) is 11.8 Å². The Morgan fingerprint density at radius 2 is 1.46 bits per heavy atom. The normalized spacial score (nSPS) is 58.8. The van der Waals surface area contributed by atoms with E-state index in [1.165, 1.54) is 25.7 Å². The lowest BCUT2D eigenvalue weighted by Crippen LogP contribution is -2.57. The molecule has 0 amide bonds. The molecular formula is C12H20O+2. The Morgan fingerprint density at radius 3 is 1.85 bits per heavy atom. The monoisotopic (exact) mass is 180 g/mol. The third-order valence-corrected chi connectivity index (χ3v) is 5.26. The minimum absolute atomic E-state index is 0.0757. The third kappa shape index (κ3) is 0.890. The number of hydrogen-bond acceptors (Lipinski definition) is 0. The second-order valence-electron chi connectivity index (χ2n) is 5.76. The summed E-state index contributed by atoms with van der Waals surface area (Å²) in [6, 6.07) is 0. The zero-order valence-corrected chi connectivity index (χ0v) is 8.64. The van der Waals surface area contributed by atoms with Crippen molar-refractivity contribution in [1.29, 1.82) is 0 Å². The molecule has 0 aliphatic heterocycles. The average Bonchev–Trinajstić information content (AvgIpc) is 2.00. The second-order valence-corrected chi connectivity index (χ2v) is 5.76. The molecule has 0 radical (unpaired) electrons. The molecule has 4 fully saturated rings. The van der Waals surface area contributed by atoms with Gasteiger partial charge in [0.2, 0.25) is 0 Å². The summed E-state index contributed by atoms with van der Waals surface area (Å²) in [6.07, 6.45) is 5.33. The summed E-state index contributed by atoms with van der Waals surface area (Å²) in [4.78, 5) is 0. The maximum Gasteiger partial charge on any atom is 0.167 e. The van der Waals surface area contributed by atoms with Crippen molar-refractivity contribution in [3.63, 3.8) is 0 Å². The molecule has 4 aliphatic rings. The van der Waals surface area contributed by atoms with Crippen LogP contribution in [0.1, 0.15) is 39.5 Å². The van der Waals surface area contributed by atoms with Gasteiger partial charge in [-0.05, 0) is 0 Å². The van der Waals surface area contributed by atoms with Gasteiger partial charge in [-0.3, -0.25) is 0 Å². The molecule has 1 nitrogen and oxygen atoms in total. The highest BCUT2D eigenvalue weighted by atomic mass is 16.3. The summed E-state index contributed by atoms with van der Waals surface area (Å²) in [5.41, 5.74) is -0.0757. The lowest BCUT2D eigenvalue weighted by atomic mass is 9.47. The van der Waals surface area contributed by atoms with Crippen LogP contribution in [-0.2, 0) is 0 Å². The SMILES string of the molecule is C[C+]1C2CC3CC1CC(C2)C3(C)[OH2+]. The van der Waals surface area contributed by atoms with E-state index in [0.29, 0.717) is 0 Å². The fraction of sp³-hybridized carbons (Fsp3) is 0.917. The Balaban J connectivity index is 1.95. The van der Waals surface area contributed by atoms with Crippen molar-refractivity contribution in [3.05, 3.63) is 5.92 Å². The van der Waals surface area contributed by atoms with Crippen molar-refractivity contribution in [2.75, 3.05) is 0 Å². The maximum atomic E-state index is 8.41. The van der Waals surface area contributed by atoms with Crippen LogP contribution in [0.3, 0.4) is 0 Å². The van der Waals surface area contributed by atoms with Crippen molar-refractivity contribution < 1.29 is 5.11 Å². The van der Waals surface area contributed by atoms with Crippen molar-refractivity contribution in [2.45, 2.75) is 45.1 Å². The average molecular weight is 180 g/mol. The van der Waals surface area contributed by atoms with Crippen LogP contribution in [0, 0.1) is 29.6 Å². The van der Waals surface area contributed by atoms with E-state index in [2.05, 4.69) is 13.8 Å². The minimum Gasteiger partial charge on any atom is -0.441 e. The summed E-state index contributed by atoms with van der Waals surface area (Å²) in [5, 5.41) is 8.41. The van der Waals surface area contributed by atoms with Gasteiger partial charge in [-0.25, -0.2) is 0 Å². The van der Waals surface area contributed by atoms with Crippen LogP contribution in [0.4, 0.5) is 0 Å². The minimum atomic E-state index is -0.0757. The Hall–Kier alpha value is -0.170. The maximum absolute atomic E-state index is 8.41. The van der Waals surface area contributed by atoms with Crippen LogP contribution < -0.4 is 0 Å². The molecule has 4 aliphatic carbocycles. The van der Waals surface area contributed by atoms with Crippen LogP contribution in [0.5, 0.6) is 0 Å². The van der Waals surface area contributed by atoms with E-state index in [9.17, 15) is 0 Å². The van der Waals surface area contributed by atoms with Crippen LogP contribution in [0.15, 0.2) is 0 Å². The molecule has 0 atom stereocenters. The summed E-state index contributed by atoms with van der Waals surface area (Å²) in [7, 11) is 0. The first-order valence-electron chi connectivity index (χ1n) is 5.67. The Kier molecular flexibility index (Phi) is 1.41. The van der Waals surface area contributed by atoms with Crippen LogP contribution in [0.2, 0.25) is 0 Å². The first kappa shape index (κ1) is 8.16. The number of hydrogen-bond donors (Lipinski definition) is 0. The van der Waals surface area contributed by atoms with Crippen molar-refractivity contribution in [3.8, 4) is 0 Å². The van der Waals surface area contributed by atoms with Gasteiger partial charge in [0.05, 0.1) is 12.8 Å². The van der Waals surface area contributed by atoms with Crippen LogP contribution >= 0.6 is 0 Å². The van der Waals surface area contributed by atoms with Gasteiger partial charge >= 0.3 is 0 Å². The number of rotatable bonds is 0. The van der Waals surface area contributed by atoms with E-state index in [1.54, 1.807) is 5.92 Å². The molecule has 0 spiro atoms. The second kappa shape index (κ2) is 2.25. The largest absolute Gasteiger partial charge is 0.441 e. The first-order valence-corrected chi connectivity index (χ1v) is 5.67. The molecule has 72 valence electrons. The topological polar surface area (TPSA) is 22.9 Å². The van der Waals surface area contributed by atoms with Gasteiger partial charge in [0.25, 0.3) is 0 Å². The van der Waals surface area contributed by atoms with E-state index in [0.717, 1.165) is 23.7 Å². The molecule has 4 bridgehead atoms. The fourth-order valence-corrected chi connectivity index (χ4v) is 4.15. The predicted molar refractivity (Wildman–Crippen MR) is 53.4 cm³/mol. The van der Waals surface area contributed by atoms with E-state index < -0.39 is 0 Å². The van der Waals surface area contributed by atoms with Gasteiger partial charge in [-0.1, -0.05) is 0 Å². The van der Waals surface area contributed by atoms with Crippen LogP contribution in [-0.4, -0.2) is 10.7 Å². The highest BCUT2D eigenvalue weighted by Crippen LogP contribution is 2.60. The standard InChI is InChI=1S/C12H19O/c1-7-8-3-10-5-9(7)6-11(4-8)12(10,2)13/h8-11,13H,3-6H2,1-2H3/q+1/p+1. The molecule has 1 heteroatoms.